The second kappa shape index (κ2) is 7.29. The topological polar surface area (TPSA) is 89.9 Å². The van der Waals surface area contributed by atoms with E-state index >= 15 is 0 Å². The third-order valence-electron chi connectivity index (χ3n) is 4.88. The monoisotopic (exact) mass is 408 g/mol. The summed E-state index contributed by atoms with van der Waals surface area (Å²) in [7, 11) is 0. The zero-order valence-corrected chi connectivity index (χ0v) is 16.2. The Morgan fingerprint density at radius 3 is 2.69 bits per heavy atom. The largest absolute Gasteiger partial charge is 0.419 e. The molecule has 0 bridgehead atoms. The Kier molecular flexibility index (Phi) is 4.48. The second-order valence-corrected chi connectivity index (χ2v) is 7.43. The van der Waals surface area contributed by atoms with E-state index in [2.05, 4.69) is 20.5 Å². The molecule has 9 heteroatoms. The van der Waals surface area contributed by atoms with Gasteiger partial charge in [-0.2, -0.15) is 0 Å². The van der Waals surface area contributed by atoms with Gasteiger partial charge in [-0.15, -0.1) is 15.3 Å². The van der Waals surface area contributed by atoms with Crippen LogP contribution in [0.3, 0.4) is 0 Å². The molecule has 0 spiro atoms. The molecule has 0 N–H and O–H groups in total. The van der Waals surface area contributed by atoms with E-state index in [0.29, 0.717) is 16.8 Å². The Morgan fingerprint density at radius 1 is 1.10 bits per heavy atom. The zero-order valence-electron chi connectivity index (χ0n) is 15.4. The minimum atomic E-state index is -0.0469. The first-order valence-electron chi connectivity index (χ1n) is 9.33. The average Bonchev–Trinajstić information content (AvgIpc) is 3.33. The van der Waals surface area contributed by atoms with Crippen molar-refractivity contribution < 1.29 is 9.21 Å². The fourth-order valence-corrected chi connectivity index (χ4v) is 3.36. The Bertz CT molecular complexity index is 1170. The first kappa shape index (κ1) is 17.8. The number of halogens is 1. The van der Waals surface area contributed by atoms with E-state index in [1.807, 2.05) is 36.4 Å². The molecule has 1 saturated carbocycles. The van der Waals surface area contributed by atoms with Gasteiger partial charge >= 0.3 is 0 Å². The minimum Gasteiger partial charge on any atom is -0.419 e. The van der Waals surface area contributed by atoms with E-state index in [4.69, 9.17) is 16.0 Å². The normalized spacial score (nSPS) is 13.7. The van der Waals surface area contributed by atoms with Crippen LogP contribution in [0.5, 0.6) is 0 Å². The molecule has 146 valence electrons. The highest BCUT2D eigenvalue weighted by Crippen LogP contribution is 2.29. The summed E-state index contributed by atoms with van der Waals surface area (Å²) in [5, 5.41) is 17.1. The van der Waals surface area contributed by atoms with Crippen LogP contribution in [0, 0.1) is 0 Å². The quantitative estimate of drug-likeness (QED) is 0.486. The summed E-state index contributed by atoms with van der Waals surface area (Å²) >= 11 is 5.92. The lowest BCUT2D eigenvalue weighted by molar-refractivity contribution is -0.133. The van der Waals surface area contributed by atoms with Crippen molar-refractivity contribution in [1.29, 1.82) is 0 Å². The van der Waals surface area contributed by atoms with Gasteiger partial charge in [0.1, 0.15) is 12.1 Å². The molecule has 0 aliphatic heterocycles. The van der Waals surface area contributed by atoms with Gasteiger partial charge in [-0.25, -0.2) is 4.68 Å². The molecule has 0 atom stereocenters. The summed E-state index contributed by atoms with van der Waals surface area (Å²) in [6, 6.07) is 14.9. The van der Waals surface area contributed by atoms with E-state index in [9.17, 15) is 4.79 Å². The van der Waals surface area contributed by atoms with Crippen molar-refractivity contribution in [2.24, 2.45) is 0 Å². The number of fused-ring (bicyclic) bond motifs is 1. The standard InChI is InChI=1S/C20H17ClN6O2/c21-14-7-5-13(6-8-14)20-24-23-18(29-20)11-26(15-9-10-15)19(28)12-27-17-4-2-1-3-16(17)22-25-27/h1-8,15H,9-12H2. The van der Waals surface area contributed by atoms with Crippen molar-refractivity contribution >= 4 is 28.5 Å². The number of aromatic nitrogens is 5. The SMILES string of the molecule is O=C(Cn1nnc2ccccc21)N(Cc1nnc(-c2ccc(Cl)cc2)o1)C1CC1. The van der Waals surface area contributed by atoms with Crippen LogP contribution in [0.2, 0.25) is 5.02 Å². The van der Waals surface area contributed by atoms with Gasteiger partial charge in [0.05, 0.1) is 12.1 Å². The summed E-state index contributed by atoms with van der Waals surface area (Å²) in [4.78, 5) is 14.8. The van der Waals surface area contributed by atoms with E-state index in [1.165, 1.54) is 0 Å². The third-order valence-corrected chi connectivity index (χ3v) is 5.13. The predicted octanol–water partition coefficient (Wildman–Crippen LogP) is 3.33. The van der Waals surface area contributed by atoms with Crippen molar-refractivity contribution in [1.82, 2.24) is 30.1 Å². The fourth-order valence-electron chi connectivity index (χ4n) is 3.23. The Morgan fingerprint density at radius 2 is 1.90 bits per heavy atom. The number of carbonyl (C=O) groups is 1. The third kappa shape index (κ3) is 3.71. The Labute approximate surface area is 171 Å². The average molecular weight is 409 g/mol. The summed E-state index contributed by atoms with van der Waals surface area (Å²) in [6.45, 7) is 0.395. The van der Waals surface area contributed by atoms with Gasteiger partial charge in [-0.3, -0.25) is 4.79 Å². The van der Waals surface area contributed by atoms with Gasteiger partial charge < -0.3 is 9.32 Å². The summed E-state index contributed by atoms with van der Waals surface area (Å²) in [5.41, 5.74) is 2.38. The highest BCUT2D eigenvalue weighted by Gasteiger charge is 2.34. The zero-order chi connectivity index (χ0) is 19.8. The van der Waals surface area contributed by atoms with Crippen molar-refractivity contribution in [3.8, 4) is 11.5 Å². The predicted molar refractivity (Wildman–Crippen MR) is 106 cm³/mol. The van der Waals surface area contributed by atoms with Crippen molar-refractivity contribution in [2.45, 2.75) is 32.0 Å². The van der Waals surface area contributed by atoms with E-state index in [1.54, 1.807) is 21.7 Å². The van der Waals surface area contributed by atoms with Crippen LogP contribution >= 0.6 is 11.6 Å². The van der Waals surface area contributed by atoms with Crippen molar-refractivity contribution in [3.63, 3.8) is 0 Å². The summed E-state index contributed by atoms with van der Waals surface area (Å²) in [6.07, 6.45) is 1.95. The van der Waals surface area contributed by atoms with Crippen molar-refractivity contribution in [2.75, 3.05) is 0 Å². The Hall–Kier alpha value is -3.26. The van der Waals surface area contributed by atoms with Crippen LogP contribution in [-0.2, 0) is 17.9 Å². The number of carbonyl (C=O) groups excluding carboxylic acids is 1. The lowest BCUT2D eigenvalue weighted by Crippen LogP contribution is -2.35. The molecule has 0 saturated heterocycles. The maximum absolute atomic E-state index is 13.0. The lowest BCUT2D eigenvalue weighted by Gasteiger charge is -2.20. The molecule has 4 aromatic rings. The summed E-state index contributed by atoms with van der Waals surface area (Å²) < 4.78 is 7.40. The number of para-hydroxylation sites is 1. The number of nitrogens with zero attached hydrogens (tertiary/aromatic N) is 6. The highest BCUT2D eigenvalue weighted by atomic mass is 35.5. The molecule has 1 fully saturated rings. The number of rotatable bonds is 6. The van der Waals surface area contributed by atoms with Gasteiger partial charge in [0, 0.05) is 16.6 Å². The van der Waals surface area contributed by atoms with Gasteiger partial charge in [-0.05, 0) is 49.2 Å². The van der Waals surface area contributed by atoms with E-state index in [-0.39, 0.29) is 25.0 Å². The molecule has 1 aliphatic carbocycles. The number of amides is 1. The number of hydrogen-bond donors (Lipinski definition) is 0. The molecule has 8 nitrogen and oxygen atoms in total. The maximum Gasteiger partial charge on any atom is 0.247 e. The molecule has 1 aliphatic rings. The smallest absolute Gasteiger partial charge is 0.247 e. The maximum atomic E-state index is 13.0. The van der Waals surface area contributed by atoms with Crippen molar-refractivity contribution in [3.05, 3.63) is 59.4 Å². The van der Waals surface area contributed by atoms with Crippen LogP contribution in [0.25, 0.3) is 22.5 Å². The molecule has 2 aromatic carbocycles. The Balaban J connectivity index is 1.33. The fraction of sp³-hybridized carbons (Fsp3) is 0.250. The van der Waals surface area contributed by atoms with Crippen LogP contribution in [0.4, 0.5) is 0 Å². The van der Waals surface area contributed by atoms with Crippen LogP contribution in [0.15, 0.2) is 52.9 Å². The van der Waals surface area contributed by atoms with Gasteiger partial charge in [0.25, 0.3) is 0 Å². The van der Waals surface area contributed by atoms with E-state index in [0.717, 1.165) is 29.4 Å². The molecule has 5 rings (SSSR count). The molecule has 1 amide bonds. The first-order valence-corrected chi connectivity index (χ1v) is 9.71. The minimum absolute atomic E-state index is 0.0469. The molecule has 0 unspecified atom stereocenters. The molecule has 2 aromatic heterocycles. The lowest BCUT2D eigenvalue weighted by atomic mass is 10.2. The van der Waals surface area contributed by atoms with Gasteiger partial charge in [0.15, 0.2) is 0 Å². The van der Waals surface area contributed by atoms with Gasteiger partial charge in [0.2, 0.25) is 17.7 Å². The highest BCUT2D eigenvalue weighted by molar-refractivity contribution is 6.30. The van der Waals surface area contributed by atoms with E-state index < -0.39 is 0 Å². The molecule has 0 radical (unpaired) electrons. The molecule has 29 heavy (non-hydrogen) atoms. The number of benzene rings is 2. The molecular formula is C20H17ClN6O2. The number of hydrogen-bond acceptors (Lipinski definition) is 6. The first-order chi connectivity index (χ1) is 14.2. The van der Waals surface area contributed by atoms with Crippen LogP contribution in [-0.4, -0.2) is 42.0 Å². The molecular weight excluding hydrogens is 392 g/mol. The summed E-state index contributed by atoms with van der Waals surface area (Å²) in [5.74, 6) is 0.759. The second-order valence-electron chi connectivity index (χ2n) is 7.00. The van der Waals surface area contributed by atoms with Gasteiger partial charge in [-0.1, -0.05) is 28.9 Å². The van der Waals surface area contributed by atoms with Crippen LogP contribution < -0.4 is 0 Å². The van der Waals surface area contributed by atoms with Crippen LogP contribution in [0.1, 0.15) is 18.7 Å². The molecule has 2 heterocycles.